The molecule has 0 aliphatic heterocycles. The van der Waals surface area contributed by atoms with Crippen molar-refractivity contribution >= 4 is 5.97 Å². The van der Waals surface area contributed by atoms with E-state index in [0.29, 0.717) is 5.92 Å². The van der Waals surface area contributed by atoms with Crippen LogP contribution in [0.25, 0.3) is 0 Å². The smallest absolute Gasteiger partial charge is 0.309 e. The first kappa shape index (κ1) is 10.6. The number of carbonyl (C=O) groups excluding carboxylic acids is 1. The summed E-state index contributed by atoms with van der Waals surface area (Å²) in [4.78, 5) is 11.5. The van der Waals surface area contributed by atoms with E-state index in [1.54, 1.807) is 0 Å². The summed E-state index contributed by atoms with van der Waals surface area (Å²) in [5.74, 6) is 0.658. The summed E-state index contributed by atoms with van der Waals surface area (Å²) in [6.45, 7) is 6.61. The van der Waals surface area contributed by atoms with Gasteiger partial charge in [0.15, 0.2) is 0 Å². The average Bonchev–Trinajstić information content (AvgIpc) is 2.47. The maximum atomic E-state index is 11.5. The number of hydrogen-bond donors (Lipinski definition) is 0. The van der Waals surface area contributed by atoms with Gasteiger partial charge in [-0.1, -0.05) is 27.2 Å². The molecule has 0 aromatic rings. The second-order valence-corrected chi connectivity index (χ2v) is 4.63. The van der Waals surface area contributed by atoms with Gasteiger partial charge in [-0.25, -0.2) is 0 Å². The molecule has 0 radical (unpaired) electrons. The highest BCUT2D eigenvalue weighted by Crippen LogP contribution is 2.48. The van der Waals surface area contributed by atoms with Crippen molar-refractivity contribution in [3.63, 3.8) is 0 Å². The fourth-order valence-electron chi connectivity index (χ4n) is 2.41. The minimum atomic E-state index is -0.0197. The van der Waals surface area contributed by atoms with Gasteiger partial charge in [0.25, 0.3) is 0 Å². The van der Waals surface area contributed by atoms with E-state index >= 15 is 0 Å². The normalized spacial score (nSPS) is 33.8. The van der Waals surface area contributed by atoms with Gasteiger partial charge in [-0.15, -0.1) is 0 Å². The van der Waals surface area contributed by atoms with E-state index in [2.05, 4.69) is 20.8 Å². The second kappa shape index (κ2) is 3.69. The summed E-state index contributed by atoms with van der Waals surface area (Å²) in [6, 6.07) is 0. The van der Waals surface area contributed by atoms with Gasteiger partial charge in [0.1, 0.15) is 0 Å². The zero-order valence-corrected chi connectivity index (χ0v) is 9.09. The SMILES string of the molecule is COC(=O)C1CCCC1(C)C(C)C. The Labute approximate surface area is 80.7 Å². The number of esters is 1. The van der Waals surface area contributed by atoms with E-state index in [4.69, 9.17) is 4.74 Å². The van der Waals surface area contributed by atoms with E-state index in [1.165, 1.54) is 7.11 Å². The summed E-state index contributed by atoms with van der Waals surface area (Å²) in [5, 5.41) is 0. The molecule has 0 saturated heterocycles. The Bertz CT molecular complexity index is 198. The summed E-state index contributed by atoms with van der Waals surface area (Å²) in [6.07, 6.45) is 3.32. The Kier molecular flexibility index (Phi) is 2.99. The molecule has 1 rings (SSSR count). The number of hydrogen-bond acceptors (Lipinski definition) is 2. The van der Waals surface area contributed by atoms with Crippen LogP contribution in [0.1, 0.15) is 40.0 Å². The molecule has 0 amide bonds. The van der Waals surface area contributed by atoms with Crippen molar-refractivity contribution in [2.45, 2.75) is 40.0 Å². The minimum absolute atomic E-state index is 0.0197. The third-order valence-corrected chi connectivity index (χ3v) is 3.81. The molecule has 0 aromatic carbocycles. The summed E-state index contributed by atoms with van der Waals surface area (Å²) >= 11 is 0. The monoisotopic (exact) mass is 184 g/mol. The summed E-state index contributed by atoms with van der Waals surface area (Å²) in [7, 11) is 1.49. The maximum absolute atomic E-state index is 11.5. The molecule has 1 saturated carbocycles. The van der Waals surface area contributed by atoms with Crippen molar-refractivity contribution in [1.29, 1.82) is 0 Å². The Morgan fingerprint density at radius 1 is 1.54 bits per heavy atom. The molecule has 0 aromatic heterocycles. The molecule has 1 aliphatic rings. The molecular weight excluding hydrogens is 164 g/mol. The Morgan fingerprint density at radius 2 is 2.15 bits per heavy atom. The van der Waals surface area contributed by atoms with Gasteiger partial charge in [-0.3, -0.25) is 4.79 Å². The Balaban J connectivity index is 2.79. The Morgan fingerprint density at radius 3 is 2.62 bits per heavy atom. The zero-order valence-electron chi connectivity index (χ0n) is 9.09. The van der Waals surface area contributed by atoms with Crippen LogP contribution in [0.15, 0.2) is 0 Å². The van der Waals surface area contributed by atoms with Crippen LogP contribution in [0.4, 0.5) is 0 Å². The van der Waals surface area contributed by atoms with Crippen molar-refractivity contribution in [2.75, 3.05) is 7.11 Å². The quantitative estimate of drug-likeness (QED) is 0.617. The standard InChI is InChI=1S/C11H20O2/c1-8(2)11(3)7-5-6-9(11)10(12)13-4/h8-9H,5-7H2,1-4H3. The first-order valence-corrected chi connectivity index (χ1v) is 5.10. The molecule has 76 valence electrons. The first-order chi connectivity index (χ1) is 6.02. The van der Waals surface area contributed by atoms with Crippen molar-refractivity contribution in [3.8, 4) is 0 Å². The van der Waals surface area contributed by atoms with Crippen molar-refractivity contribution in [2.24, 2.45) is 17.3 Å². The minimum Gasteiger partial charge on any atom is -0.469 e. The van der Waals surface area contributed by atoms with Crippen LogP contribution in [0.5, 0.6) is 0 Å². The average molecular weight is 184 g/mol. The number of rotatable bonds is 2. The fourth-order valence-corrected chi connectivity index (χ4v) is 2.41. The predicted molar refractivity (Wildman–Crippen MR) is 52.3 cm³/mol. The van der Waals surface area contributed by atoms with E-state index < -0.39 is 0 Å². The van der Waals surface area contributed by atoms with Crippen LogP contribution >= 0.6 is 0 Å². The molecule has 0 N–H and O–H groups in total. The largest absolute Gasteiger partial charge is 0.469 e. The highest BCUT2D eigenvalue weighted by molar-refractivity contribution is 5.73. The Hall–Kier alpha value is -0.530. The molecule has 13 heavy (non-hydrogen) atoms. The fraction of sp³-hybridized carbons (Fsp3) is 0.909. The third-order valence-electron chi connectivity index (χ3n) is 3.81. The van der Waals surface area contributed by atoms with Crippen molar-refractivity contribution in [1.82, 2.24) is 0 Å². The molecule has 2 unspecified atom stereocenters. The molecule has 0 heterocycles. The zero-order chi connectivity index (χ0) is 10.1. The number of ether oxygens (including phenoxy) is 1. The van der Waals surface area contributed by atoms with Gasteiger partial charge in [0, 0.05) is 0 Å². The first-order valence-electron chi connectivity index (χ1n) is 5.10. The van der Waals surface area contributed by atoms with Crippen LogP contribution in [0.2, 0.25) is 0 Å². The topological polar surface area (TPSA) is 26.3 Å². The van der Waals surface area contributed by atoms with Gasteiger partial charge < -0.3 is 4.74 Å². The maximum Gasteiger partial charge on any atom is 0.309 e. The van der Waals surface area contributed by atoms with Crippen LogP contribution in [0, 0.1) is 17.3 Å². The molecule has 1 aliphatic carbocycles. The molecule has 2 atom stereocenters. The highest BCUT2D eigenvalue weighted by atomic mass is 16.5. The van der Waals surface area contributed by atoms with Gasteiger partial charge in [-0.05, 0) is 24.2 Å². The van der Waals surface area contributed by atoms with E-state index in [-0.39, 0.29) is 17.3 Å². The lowest BCUT2D eigenvalue weighted by atomic mass is 9.71. The molecular formula is C11H20O2. The lowest BCUT2D eigenvalue weighted by molar-refractivity contribution is -0.150. The molecule has 1 fully saturated rings. The van der Waals surface area contributed by atoms with Gasteiger partial charge >= 0.3 is 5.97 Å². The van der Waals surface area contributed by atoms with Crippen LogP contribution in [-0.4, -0.2) is 13.1 Å². The van der Waals surface area contributed by atoms with Crippen LogP contribution in [0.3, 0.4) is 0 Å². The van der Waals surface area contributed by atoms with E-state index in [0.717, 1.165) is 19.3 Å². The summed E-state index contributed by atoms with van der Waals surface area (Å²) in [5.41, 5.74) is 0.160. The van der Waals surface area contributed by atoms with Crippen molar-refractivity contribution < 1.29 is 9.53 Å². The van der Waals surface area contributed by atoms with Gasteiger partial charge in [-0.2, -0.15) is 0 Å². The molecule has 0 spiro atoms. The lowest BCUT2D eigenvalue weighted by Gasteiger charge is -2.33. The van der Waals surface area contributed by atoms with Crippen LogP contribution in [-0.2, 0) is 9.53 Å². The third kappa shape index (κ3) is 1.72. The van der Waals surface area contributed by atoms with Gasteiger partial charge in [0.05, 0.1) is 13.0 Å². The van der Waals surface area contributed by atoms with Gasteiger partial charge in [0.2, 0.25) is 0 Å². The second-order valence-electron chi connectivity index (χ2n) is 4.63. The number of carbonyl (C=O) groups is 1. The molecule has 2 heteroatoms. The lowest BCUT2D eigenvalue weighted by Crippen LogP contribution is -2.33. The molecule has 0 bridgehead atoms. The number of methoxy groups -OCH3 is 1. The van der Waals surface area contributed by atoms with E-state index in [9.17, 15) is 4.79 Å². The molecule has 2 nitrogen and oxygen atoms in total. The van der Waals surface area contributed by atoms with E-state index in [1.807, 2.05) is 0 Å². The highest BCUT2D eigenvalue weighted by Gasteiger charge is 2.45. The van der Waals surface area contributed by atoms with Crippen molar-refractivity contribution in [3.05, 3.63) is 0 Å². The predicted octanol–water partition coefficient (Wildman–Crippen LogP) is 2.62. The summed E-state index contributed by atoms with van der Waals surface area (Å²) < 4.78 is 4.84. The van der Waals surface area contributed by atoms with Crippen LogP contribution < -0.4 is 0 Å².